The van der Waals surface area contributed by atoms with Crippen molar-refractivity contribution in [3.8, 4) is 6.07 Å². The maximum Gasteiger partial charge on any atom is 0.0815 e. The zero-order chi connectivity index (χ0) is 3.41. The molecule has 26 valence electrons. The summed E-state index contributed by atoms with van der Waals surface area (Å²) in [4.78, 5) is 0. The van der Waals surface area contributed by atoms with Crippen LogP contribution in [0.5, 0.6) is 0 Å². The van der Waals surface area contributed by atoms with E-state index in [-0.39, 0.29) is 48.3 Å². The molecule has 0 aliphatic rings. The maximum absolute atomic E-state index is 7.50. The molecule has 2 N–H and O–H groups in total. The summed E-state index contributed by atoms with van der Waals surface area (Å²) < 4.78 is 0. The first-order chi connectivity index (χ1) is 1.91. The van der Waals surface area contributed by atoms with Crippen LogP contribution < -0.4 is 5.73 Å². The Balaban J connectivity index is 0. The van der Waals surface area contributed by atoms with Gasteiger partial charge >= 0.3 is 0 Å². The number of hydrogen-bond donors (Lipinski definition) is 1. The summed E-state index contributed by atoms with van der Waals surface area (Å²) in [5.41, 5.74) is 4.67. The monoisotopic (exact) mass is 196 g/mol. The SMILES string of the molecule is N#CCN.[Ce]. The molecule has 0 bridgehead atoms. The van der Waals surface area contributed by atoms with Gasteiger partial charge in [-0.05, 0) is 0 Å². The van der Waals surface area contributed by atoms with E-state index in [0.717, 1.165) is 0 Å². The van der Waals surface area contributed by atoms with Gasteiger partial charge in [-0.1, -0.05) is 0 Å². The molecule has 0 amide bonds. The standard InChI is InChI=1S/C2H4N2.Ce/c3-1-2-4;/h1,3H2;. The molecule has 5 heavy (non-hydrogen) atoms. The Kier molecular flexibility index (Phi) is 16.4. The van der Waals surface area contributed by atoms with Crippen molar-refractivity contribution in [3.63, 3.8) is 0 Å². The van der Waals surface area contributed by atoms with Crippen LogP contribution in [0.1, 0.15) is 0 Å². The molecule has 0 saturated carbocycles. The Morgan fingerprint density at radius 3 is 2.00 bits per heavy atom. The van der Waals surface area contributed by atoms with Gasteiger partial charge in [-0.2, -0.15) is 5.26 Å². The van der Waals surface area contributed by atoms with Gasteiger partial charge in [0.1, 0.15) is 0 Å². The summed E-state index contributed by atoms with van der Waals surface area (Å²) in [6, 6.07) is 1.71. The topological polar surface area (TPSA) is 49.8 Å². The van der Waals surface area contributed by atoms with Gasteiger partial charge in [0.2, 0.25) is 0 Å². The van der Waals surface area contributed by atoms with E-state index in [9.17, 15) is 0 Å². The Hall–Kier alpha value is 0.827. The van der Waals surface area contributed by atoms with E-state index in [1.807, 2.05) is 0 Å². The number of hydrogen-bond acceptors (Lipinski definition) is 2. The van der Waals surface area contributed by atoms with Crippen LogP contribution in [0.2, 0.25) is 0 Å². The second kappa shape index (κ2) is 8.85. The van der Waals surface area contributed by atoms with Gasteiger partial charge < -0.3 is 5.73 Å². The van der Waals surface area contributed by atoms with Gasteiger partial charge in [0.15, 0.2) is 0 Å². The van der Waals surface area contributed by atoms with Gasteiger partial charge in [0.25, 0.3) is 0 Å². The molecule has 0 heterocycles. The Labute approximate surface area is 64.7 Å². The van der Waals surface area contributed by atoms with E-state index in [1.165, 1.54) is 0 Å². The van der Waals surface area contributed by atoms with E-state index >= 15 is 0 Å². The molecule has 0 aliphatic heterocycles. The minimum Gasteiger partial charge on any atom is -0.318 e. The molecule has 0 atom stereocenters. The van der Waals surface area contributed by atoms with E-state index in [0.29, 0.717) is 0 Å². The van der Waals surface area contributed by atoms with Crippen molar-refractivity contribution in [3.05, 3.63) is 0 Å². The molecule has 0 fully saturated rings. The summed E-state index contributed by atoms with van der Waals surface area (Å²) in [7, 11) is 0. The minimum atomic E-state index is 0. The second-order valence-corrected chi connectivity index (χ2v) is 0.362. The van der Waals surface area contributed by atoms with Crippen LogP contribution in [0.25, 0.3) is 0 Å². The van der Waals surface area contributed by atoms with Gasteiger partial charge in [-0.3, -0.25) is 0 Å². The molecule has 3 heteroatoms. The van der Waals surface area contributed by atoms with Crippen molar-refractivity contribution in [2.45, 2.75) is 0 Å². The van der Waals surface area contributed by atoms with Crippen molar-refractivity contribution in [1.82, 2.24) is 0 Å². The fourth-order valence-electron chi connectivity index (χ4n) is 0. The average Bonchev–Trinajstić information content (AvgIpc) is 1.37. The number of rotatable bonds is 0. The van der Waals surface area contributed by atoms with Gasteiger partial charge in [0.05, 0.1) is 12.6 Å². The van der Waals surface area contributed by atoms with Crippen LogP contribution in [-0.4, -0.2) is 6.54 Å². The summed E-state index contributed by atoms with van der Waals surface area (Å²) >= 11 is 0. The van der Waals surface area contributed by atoms with Gasteiger partial charge in [0, 0.05) is 41.7 Å². The van der Waals surface area contributed by atoms with E-state index in [1.54, 1.807) is 6.07 Å². The molecular weight excluding hydrogens is 192 g/mol. The molecule has 0 aliphatic carbocycles. The minimum absolute atomic E-state index is 0. The fourth-order valence-corrected chi connectivity index (χ4v) is 0. The molecule has 0 aromatic carbocycles. The number of nitriles is 1. The van der Waals surface area contributed by atoms with Crippen LogP contribution in [-0.2, 0) is 0 Å². The third kappa shape index (κ3) is 11.6. The van der Waals surface area contributed by atoms with Crippen LogP contribution in [0.4, 0.5) is 0 Å². The molecule has 0 aromatic heterocycles. The summed E-state index contributed by atoms with van der Waals surface area (Å²) in [6.45, 7) is 0.125. The van der Waals surface area contributed by atoms with Crippen LogP contribution in [0.3, 0.4) is 0 Å². The molecule has 0 rings (SSSR count). The van der Waals surface area contributed by atoms with Crippen LogP contribution in [0, 0.1) is 53.1 Å². The normalized spacial score (nSPS) is 4.00. The summed E-state index contributed by atoms with van der Waals surface area (Å²) in [5.74, 6) is 0. The molecule has 0 unspecified atom stereocenters. The quantitative estimate of drug-likeness (QED) is 0.529. The average molecular weight is 196 g/mol. The van der Waals surface area contributed by atoms with E-state index < -0.39 is 0 Å². The third-order valence-corrected chi connectivity index (χ3v) is 0.0913. The first kappa shape index (κ1) is 9.27. The largest absolute Gasteiger partial charge is 0.318 e. The predicted octanol–water partition coefficient (Wildman–Crippen LogP) is -0.531. The van der Waals surface area contributed by atoms with E-state index in [2.05, 4.69) is 5.73 Å². The maximum atomic E-state index is 7.50. The van der Waals surface area contributed by atoms with Crippen molar-refractivity contribution >= 4 is 0 Å². The predicted molar refractivity (Wildman–Crippen MR) is 14.7 cm³/mol. The molecule has 0 radical (unpaired) electrons. The van der Waals surface area contributed by atoms with Crippen molar-refractivity contribution < 1.29 is 41.7 Å². The zero-order valence-corrected chi connectivity index (χ0v) is 5.87. The summed E-state index contributed by atoms with van der Waals surface area (Å²) in [6.07, 6.45) is 0. The van der Waals surface area contributed by atoms with Gasteiger partial charge in [-0.15, -0.1) is 0 Å². The smallest absolute Gasteiger partial charge is 0.0815 e. The zero-order valence-electron chi connectivity index (χ0n) is 2.73. The fraction of sp³-hybridized carbons (Fsp3) is 0.500. The Morgan fingerprint density at radius 1 is 1.80 bits per heavy atom. The van der Waals surface area contributed by atoms with Gasteiger partial charge in [-0.25, -0.2) is 0 Å². The first-order valence-electron chi connectivity index (χ1n) is 0.985. The number of nitrogens with two attached hydrogens (primary N) is 1. The van der Waals surface area contributed by atoms with Crippen LogP contribution in [0.15, 0.2) is 0 Å². The Morgan fingerprint density at radius 2 is 2.00 bits per heavy atom. The van der Waals surface area contributed by atoms with Crippen molar-refractivity contribution in [1.29, 1.82) is 5.26 Å². The Bertz CT molecular complexity index is 37.4. The molecule has 0 spiro atoms. The first-order valence-corrected chi connectivity index (χ1v) is 0.985. The third-order valence-electron chi connectivity index (χ3n) is 0.0913. The second-order valence-electron chi connectivity index (χ2n) is 0.362. The molecule has 0 saturated heterocycles. The summed E-state index contributed by atoms with van der Waals surface area (Å²) in [5, 5.41) is 7.50. The molecular formula is C2H4CeN2. The van der Waals surface area contributed by atoms with Crippen LogP contribution >= 0.6 is 0 Å². The molecule has 2 nitrogen and oxygen atoms in total. The van der Waals surface area contributed by atoms with Crippen molar-refractivity contribution in [2.24, 2.45) is 5.73 Å². The number of nitrogens with zero attached hydrogens (tertiary/aromatic N) is 1. The van der Waals surface area contributed by atoms with Crippen molar-refractivity contribution in [2.75, 3.05) is 6.54 Å². The molecule has 0 aromatic rings. The van der Waals surface area contributed by atoms with E-state index in [4.69, 9.17) is 5.26 Å².